The van der Waals surface area contributed by atoms with E-state index in [0.29, 0.717) is 5.56 Å². The minimum Gasteiger partial charge on any atom is -0.496 e. The van der Waals surface area contributed by atoms with Crippen LogP contribution in [0.4, 0.5) is 5.69 Å². The highest BCUT2D eigenvalue weighted by atomic mass is 16.5. The molecular weight excluding hydrogens is 250 g/mol. The SMILES string of the molecule is COc1ccc(C(C)=O)cc1-c1ccc(N(C)C)cc1. The number of anilines is 1. The van der Waals surface area contributed by atoms with Crippen LogP contribution in [0.15, 0.2) is 42.5 Å². The third-order valence-corrected chi connectivity index (χ3v) is 3.30. The molecule has 0 heterocycles. The maximum Gasteiger partial charge on any atom is 0.159 e. The predicted octanol–water partition coefficient (Wildman–Crippen LogP) is 3.63. The largest absolute Gasteiger partial charge is 0.496 e. The average Bonchev–Trinajstić information content (AvgIpc) is 2.46. The highest BCUT2D eigenvalue weighted by molar-refractivity contribution is 5.96. The second-order valence-electron chi connectivity index (χ2n) is 4.91. The van der Waals surface area contributed by atoms with Gasteiger partial charge in [0, 0.05) is 30.9 Å². The number of carbonyl (C=O) groups excluding carboxylic acids is 1. The van der Waals surface area contributed by atoms with Gasteiger partial charge in [-0.2, -0.15) is 0 Å². The molecule has 104 valence electrons. The van der Waals surface area contributed by atoms with Gasteiger partial charge in [-0.15, -0.1) is 0 Å². The quantitative estimate of drug-likeness (QED) is 0.794. The first-order valence-electron chi connectivity index (χ1n) is 6.49. The van der Waals surface area contributed by atoms with Crippen molar-refractivity contribution in [2.75, 3.05) is 26.1 Å². The van der Waals surface area contributed by atoms with Crippen LogP contribution in [0, 0.1) is 0 Å². The van der Waals surface area contributed by atoms with Gasteiger partial charge in [0.05, 0.1) is 7.11 Å². The van der Waals surface area contributed by atoms with Crippen molar-refractivity contribution in [3.05, 3.63) is 48.0 Å². The number of Topliss-reactive ketones (excluding diaryl/α,β-unsaturated/α-hetero) is 1. The Hall–Kier alpha value is -2.29. The molecule has 0 radical (unpaired) electrons. The Morgan fingerprint density at radius 3 is 2.20 bits per heavy atom. The van der Waals surface area contributed by atoms with E-state index < -0.39 is 0 Å². The average molecular weight is 269 g/mol. The lowest BCUT2D eigenvalue weighted by Gasteiger charge is -2.14. The van der Waals surface area contributed by atoms with E-state index in [1.165, 1.54) is 0 Å². The zero-order chi connectivity index (χ0) is 14.7. The van der Waals surface area contributed by atoms with Crippen molar-refractivity contribution in [2.24, 2.45) is 0 Å². The lowest BCUT2D eigenvalue weighted by atomic mass is 10.00. The van der Waals surface area contributed by atoms with Gasteiger partial charge in [-0.25, -0.2) is 0 Å². The summed E-state index contributed by atoms with van der Waals surface area (Å²) in [4.78, 5) is 13.6. The molecule has 0 N–H and O–H groups in total. The van der Waals surface area contributed by atoms with E-state index in [4.69, 9.17) is 4.74 Å². The molecule has 2 aromatic rings. The summed E-state index contributed by atoms with van der Waals surface area (Å²) in [5.74, 6) is 0.825. The maximum absolute atomic E-state index is 11.5. The molecule has 0 atom stereocenters. The lowest BCUT2D eigenvalue weighted by Crippen LogP contribution is -2.07. The van der Waals surface area contributed by atoms with Crippen LogP contribution in [-0.4, -0.2) is 27.0 Å². The number of hydrogen-bond acceptors (Lipinski definition) is 3. The molecule has 0 saturated carbocycles. The number of rotatable bonds is 4. The molecule has 0 amide bonds. The van der Waals surface area contributed by atoms with E-state index in [-0.39, 0.29) is 5.78 Å². The van der Waals surface area contributed by atoms with Gasteiger partial charge < -0.3 is 9.64 Å². The van der Waals surface area contributed by atoms with Crippen LogP contribution in [0.2, 0.25) is 0 Å². The normalized spacial score (nSPS) is 10.2. The number of carbonyl (C=O) groups is 1. The fourth-order valence-corrected chi connectivity index (χ4v) is 2.09. The first-order chi connectivity index (χ1) is 9.52. The van der Waals surface area contributed by atoms with E-state index in [1.54, 1.807) is 20.1 Å². The summed E-state index contributed by atoms with van der Waals surface area (Å²) >= 11 is 0. The summed E-state index contributed by atoms with van der Waals surface area (Å²) in [6, 6.07) is 13.7. The van der Waals surface area contributed by atoms with Crippen molar-refractivity contribution in [1.29, 1.82) is 0 Å². The number of hydrogen-bond donors (Lipinski definition) is 0. The Bertz CT molecular complexity index is 615. The molecule has 20 heavy (non-hydrogen) atoms. The van der Waals surface area contributed by atoms with Gasteiger partial charge in [0.15, 0.2) is 5.78 Å². The van der Waals surface area contributed by atoms with Gasteiger partial charge in [-0.05, 0) is 42.8 Å². The molecule has 0 aliphatic rings. The molecule has 0 spiro atoms. The number of ketones is 1. The Balaban J connectivity index is 2.49. The molecule has 3 nitrogen and oxygen atoms in total. The van der Waals surface area contributed by atoms with Crippen molar-refractivity contribution in [3.63, 3.8) is 0 Å². The van der Waals surface area contributed by atoms with Crippen molar-refractivity contribution in [3.8, 4) is 16.9 Å². The molecule has 2 aromatic carbocycles. The lowest BCUT2D eigenvalue weighted by molar-refractivity contribution is 0.101. The van der Waals surface area contributed by atoms with Crippen molar-refractivity contribution >= 4 is 11.5 Å². The zero-order valence-electron chi connectivity index (χ0n) is 12.3. The second kappa shape index (κ2) is 5.78. The maximum atomic E-state index is 11.5. The highest BCUT2D eigenvalue weighted by Crippen LogP contribution is 2.32. The van der Waals surface area contributed by atoms with Gasteiger partial charge in [-0.1, -0.05) is 12.1 Å². The third-order valence-electron chi connectivity index (χ3n) is 3.30. The van der Waals surface area contributed by atoms with Gasteiger partial charge in [0.1, 0.15) is 5.75 Å². The number of methoxy groups -OCH3 is 1. The number of nitrogens with zero attached hydrogens (tertiary/aromatic N) is 1. The smallest absolute Gasteiger partial charge is 0.159 e. The Morgan fingerprint density at radius 1 is 1.05 bits per heavy atom. The summed E-state index contributed by atoms with van der Waals surface area (Å²) in [7, 11) is 5.65. The van der Waals surface area contributed by atoms with Gasteiger partial charge in [0.25, 0.3) is 0 Å². The van der Waals surface area contributed by atoms with Gasteiger partial charge in [0.2, 0.25) is 0 Å². The van der Waals surface area contributed by atoms with Crippen molar-refractivity contribution < 1.29 is 9.53 Å². The molecule has 0 unspecified atom stereocenters. The minimum absolute atomic E-state index is 0.0545. The fraction of sp³-hybridized carbons (Fsp3) is 0.235. The van der Waals surface area contributed by atoms with Crippen LogP contribution in [0.1, 0.15) is 17.3 Å². The first kappa shape index (κ1) is 14.1. The Kier molecular flexibility index (Phi) is 4.08. The van der Waals surface area contributed by atoms with Crippen LogP contribution in [0.25, 0.3) is 11.1 Å². The molecule has 0 aliphatic heterocycles. The molecule has 3 heteroatoms. The van der Waals surface area contributed by atoms with Gasteiger partial charge >= 0.3 is 0 Å². The summed E-state index contributed by atoms with van der Waals surface area (Å²) in [6.07, 6.45) is 0. The molecule has 0 fully saturated rings. The Morgan fingerprint density at radius 2 is 1.70 bits per heavy atom. The molecule has 0 aromatic heterocycles. The second-order valence-corrected chi connectivity index (χ2v) is 4.91. The number of ether oxygens (including phenoxy) is 1. The van der Waals surface area contributed by atoms with Crippen LogP contribution in [0.5, 0.6) is 5.75 Å². The van der Waals surface area contributed by atoms with E-state index in [2.05, 4.69) is 12.1 Å². The van der Waals surface area contributed by atoms with E-state index in [0.717, 1.165) is 22.6 Å². The third kappa shape index (κ3) is 2.82. The standard InChI is InChI=1S/C17H19NO2/c1-12(19)14-7-10-17(20-4)16(11-14)13-5-8-15(9-6-13)18(2)3/h5-11H,1-4H3. The van der Waals surface area contributed by atoms with Crippen molar-refractivity contribution in [1.82, 2.24) is 0 Å². The molecular formula is C17H19NO2. The summed E-state index contributed by atoms with van der Waals surface area (Å²) in [5, 5.41) is 0. The summed E-state index contributed by atoms with van der Waals surface area (Å²) in [6.45, 7) is 1.57. The molecule has 0 bridgehead atoms. The monoisotopic (exact) mass is 269 g/mol. The van der Waals surface area contributed by atoms with Crippen LogP contribution in [-0.2, 0) is 0 Å². The van der Waals surface area contributed by atoms with Gasteiger partial charge in [-0.3, -0.25) is 4.79 Å². The van der Waals surface area contributed by atoms with Crippen LogP contribution >= 0.6 is 0 Å². The molecule has 2 rings (SSSR count). The van der Waals surface area contributed by atoms with Crippen LogP contribution < -0.4 is 9.64 Å². The Labute approximate surface area is 119 Å². The van der Waals surface area contributed by atoms with E-state index >= 15 is 0 Å². The number of benzene rings is 2. The molecule has 0 saturated heterocycles. The van der Waals surface area contributed by atoms with Crippen molar-refractivity contribution in [2.45, 2.75) is 6.92 Å². The van der Waals surface area contributed by atoms with E-state index in [9.17, 15) is 4.79 Å². The minimum atomic E-state index is 0.0545. The van der Waals surface area contributed by atoms with E-state index in [1.807, 2.05) is 43.3 Å². The highest BCUT2D eigenvalue weighted by Gasteiger charge is 2.09. The first-order valence-corrected chi connectivity index (χ1v) is 6.49. The van der Waals surface area contributed by atoms with Crippen LogP contribution in [0.3, 0.4) is 0 Å². The summed E-state index contributed by atoms with van der Waals surface area (Å²) in [5.41, 5.74) is 3.80. The zero-order valence-corrected chi connectivity index (χ0v) is 12.3. The molecule has 0 aliphatic carbocycles. The fourth-order valence-electron chi connectivity index (χ4n) is 2.09. The summed E-state index contributed by atoms with van der Waals surface area (Å²) < 4.78 is 5.39. The topological polar surface area (TPSA) is 29.5 Å². The predicted molar refractivity (Wildman–Crippen MR) is 82.8 cm³/mol.